The first-order chi connectivity index (χ1) is 10.8. The first kappa shape index (κ1) is 16.9. The van der Waals surface area contributed by atoms with E-state index in [0.29, 0.717) is 6.54 Å². The van der Waals surface area contributed by atoms with Crippen molar-refractivity contribution in [3.63, 3.8) is 0 Å². The minimum Gasteiger partial charge on any atom is -0.380 e. The Kier molecular flexibility index (Phi) is 4.97. The number of benzene rings is 2. The Balaban J connectivity index is 2.34. The fourth-order valence-electron chi connectivity index (χ4n) is 2.27. The number of nitrogens with one attached hydrogen (secondary N) is 1. The van der Waals surface area contributed by atoms with Gasteiger partial charge in [-0.05, 0) is 23.6 Å². The molecule has 0 aliphatic heterocycles. The van der Waals surface area contributed by atoms with E-state index < -0.39 is 14.9 Å². The van der Waals surface area contributed by atoms with Gasteiger partial charge in [0.1, 0.15) is 4.90 Å². The van der Waals surface area contributed by atoms with E-state index in [-0.39, 0.29) is 16.3 Å². The standard InChI is InChI=1S/C15H17N3O4S/c1-2-11-5-3-4-6-12(11)10-17-14-8-7-13(18(19)20)9-15(14)23(16,21)22/h3-9,17H,2,10H2,1H3,(H2,16,21,22). The number of non-ortho nitro benzene ring substituents is 1. The molecule has 2 aromatic rings. The fourth-order valence-corrected chi connectivity index (χ4v) is 3.00. The monoisotopic (exact) mass is 335 g/mol. The molecule has 122 valence electrons. The Morgan fingerprint density at radius 1 is 1.17 bits per heavy atom. The van der Waals surface area contributed by atoms with Crippen LogP contribution >= 0.6 is 0 Å². The average Bonchev–Trinajstić information content (AvgIpc) is 2.52. The zero-order chi connectivity index (χ0) is 17.0. The van der Waals surface area contributed by atoms with Gasteiger partial charge in [-0.3, -0.25) is 10.1 Å². The number of nitro groups is 1. The van der Waals surface area contributed by atoms with E-state index in [1.807, 2.05) is 31.2 Å². The van der Waals surface area contributed by atoms with Gasteiger partial charge in [-0.2, -0.15) is 0 Å². The molecule has 0 radical (unpaired) electrons. The molecule has 23 heavy (non-hydrogen) atoms. The minimum absolute atomic E-state index is 0.240. The topological polar surface area (TPSA) is 115 Å². The molecule has 0 saturated carbocycles. The Labute approximate surface area is 134 Å². The molecule has 0 aliphatic rings. The van der Waals surface area contributed by atoms with Crippen LogP contribution in [0.2, 0.25) is 0 Å². The summed E-state index contributed by atoms with van der Waals surface area (Å²) in [6.07, 6.45) is 0.847. The molecule has 0 spiro atoms. The third-order valence-corrected chi connectivity index (χ3v) is 4.40. The second kappa shape index (κ2) is 6.76. The smallest absolute Gasteiger partial charge is 0.270 e. The van der Waals surface area contributed by atoms with Crippen LogP contribution in [-0.4, -0.2) is 13.3 Å². The molecule has 0 fully saturated rings. The minimum atomic E-state index is -4.08. The molecule has 0 aliphatic carbocycles. The largest absolute Gasteiger partial charge is 0.380 e. The van der Waals surface area contributed by atoms with Crippen LogP contribution in [0.4, 0.5) is 11.4 Å². The highest BCUT2D eigenvalue weighted by atomic mass is 32.2. The van der Waals surface area contributed by atoms with Crippen LogP contribution in [0.15, 0.2) is 47.4 Å². The number of sulfonamides is 1. The molecule has 0 saturated heterocycles. The molecule has 2 rings (SSSR count). The number of aryl methyl sites for hydroxylation is 1. The van der Waals surface area contributed by atoms with E-state index in [0.717, 1.165) is 23.6 Å². The van der Waals surface area contributed by atoms with Crippen LogP contribution in [0, 0.1) is 10.1 Å². The quantitative estimate of drug-likeness (QED) is 0.621. The third kappa shape index (κ3) is 4.05. The summed E-state index contributed by atoms with van der Waals surface area (Å²) in [5.74, 6) is 0. The third-order valence-electron chi connectivity index (χ3n) is 3.45. The SMILES string of the molecule is CCc1ccccc1CNc1ccc([N+](=O)[O-])cc1S(N)(=O)=O. The van der Waals surface area contributed by atoms with Crippen LogP contribution in [0.1, 0.15) is 18.1 Å². The summed E-state index contributed by atoms with van der Waals surface area (Å²) in [7, 11) is -4.08. The van der Waals surface area contributed by atoms with Crippen molar-refractivity contribution in [2.45, 2.75) is 24.8 Å². The molecule has 0 atom stereocenters. The second-order valence-electron chi connectivity index (χ2n) is 4.96. The van der Waals surface area contributed by atoms with E-state index in [4.69, 9.17) is 5.14 Å². The highest BCUT2D eigenvalue weighted by molar-refractivity contribution is 7.89. The molecule has 0 aromatic heterocycles. The van der Waals surface area contributed by atoms with E-state index in [2.05, 4.69) is 5.32 Å². The maximum absolute atomic E-state index is 11.7. The van der Waals surface area contributed by atoms with Crippen LogP contribution in [-0.2, 0) is 23.0 Å². The van der Waals surface area contributed by atoms with Gasteiger partial charge in [0.15, 0.2) is 0 Å². The highest BCUT2D eigenvalue weighted by Crippen LogP contribution is 2.26. The van der Waals surface area contributed by atoms with Gasteiger partial charge in [-0.25, -0.2) is 13.6 Å². The van der Waals surface area contributed by atoms with Crippen molar-refractivity contribution in [3.05, 3.63) is 63.7 Å². The Morgan fingerprint density at radius 3 is 2.39 bits per heavy atom. The summed E-state index contributed by atoms with van der Waals surface area (Å²) in [6.45, 7) is 2.42. The van der Waals surface area contributed by atoms with Crippen molar-refractivity contribution in [3.8, 4) is 0 Å². The number of hydrogen-bond donors (Lipinski definition) is 2. The zero-order valence-corrected chi connectivity index (χ0v) is 13.3. The lowest BCUT2D eigenvalue weighted by molar-refractivity contribution is -0.385. The Bertz CT molecular complexity index is 834. The van der Waals surface area contributed by atoms with Crippen molar-refractivity contribution in [1.29, 1.82) is 0 Å². The Morgan fingerprint density at radius 2 is 1.83 bits per heavy atom. The fraction of sp³-hybridized carbons (Fsp3) is 0.200. The molecule has 7 nitrogen and oxygen atoms in total. The first-order valence-electron chi connectivity index (χ1n) is 6.95. The maximum atomic E-state index is 11.7. The molecule has 0 unspecified atom stereocenters. The van der Waals surface area contributed by atoms with Gasteiger partial charge < -0.3 is 5.32 Å². The summed E-state index contributed by atoms with van der Waals surface area (Å²) in [5, 5.41) is 19.0. The number of primary sulfonamides is 1. The lowest BCUT2D eigenvalue weighted by Crippen LogP contribution is -2.15. The van der Waals surface area contributed by atoms with E-state index in [1.54, 1.807) is 0 Å². The van der Waals surface area contributed by atoms with E-state index in [1.165, 1.54) is 12.1 Å². The summed E-state index contributed by atoms with van der Waals surface area (Å²) < 4.78 is 23.4. The van der Waals surface area contributed by atoms with Crippen molar-refractivity contribution < 1.29 is 13.3 Å². The lowest BCUT2D eigenvalue weighted by atomic mass is 10.1. The number of nitro benzene ring substituents is 1. The molecule has 3 N–H and O–H groups in total. The second-order valence-corrected chi connectivity index (χ2v) is 6.49. The van der Waals surface area contributed by atoms with Crippen LogP contribution in [0.5, 0.6) is 0 Å². The number of rotatable bonds is 6. The summed E-state index contributed by atoms with van der Waals surface area (Å²) in [6, 6.07) is 11.3. The van der Waals surface area contributed by atoms with Gasteiger partial charge in [-0.15, -0.1) is 0 Å². The average molecular weight is 335 g/mol. The highest BCUT2D eigenvalue weighted by Gasteiger charge is 2.19. The molecular weight excluding hydrogens is 318 g/mol. The number of hydrogen-bond acceptors (Lipinski definition) is 5. The number of nitrogens with two attached hydrogens (primary N) is 1. The summed E-state index contributed by atoms with van der Waals surface area (Å²) in [4.78, 5) is 9.85. The molecule has 2 aromatic carbocycles. The number of nitrogens with zero attached hydrogens (tertiary/aromatic N) is 1. The van der Waals surface area contributed by atoms with Gasteiger partial charge in [0, 0.05) is 18.7 Å². The van der Waals surface area contributed by atoms with E-state index >= 15 is 0 Å². The first-order valence-corrected chi connectivity index (χ1v) is 8.49. The van der Waals surface area contributed by atoms with E-state index in [9.17, 15) is 18.5 Å². The van der Waals surface area contributed by atoms with Gasteiger partial charge in [0.05, 0.1) is 10.6 Å². The number of anilines is 1. The zero-order valence-electron chi connectivity index (χ0n) is 12.5. The maximum Gasteiger partial charge on any atom is 0.270 e. The van der Waals surface area contributed by atoms with Crippen molar-refractivity contribution in [1.82, 2.24) is 0 Å². The summed E-state index contributed by atoms with van der Waals surface area (Å²) >= 11 is 0. The lowest BCUT2D eigenvalue weighted by Gasteiger charge is -2.13. The van der Waals surface area contributed by atoms with Crippen LogP contribution in [0.25, 0.3) is 0 Å². The predicted molar refractivity (Wildman–Crippen MR) is 87.6 cm³/mol. The Hall–Kier alpha value is -2.45. The normalized spacial score (nSPS) is 11.2. The molecule has 0 heterocycles. The van der Waals surface area contributed by atoms with Crippen LogP contribution < -0.4 is 10.5 Å². The molecule has 8 heteroatoms. The molecular formula is C15H17N3O4S. The molecule has 0 amide bonds. The van der Waals surface area contributed by atoms with Gasteiger partial charge in [-0.1, -0.05) is 31.2 Å². The van der Waals surface area contributed by atoms with Gasteiger partial charge >= 0.3 is 0 Å². The summed E-state index contributed by atoms with van der Waals surface area (Å²) in [5.41, 5.74) is 2.07. The van der Waals surface area contributed by atoms with Gasteiger partial charge in [0.2, 0.25) is 10.0 Å². The molecule has 0 bridgehead atoms. The van der Waals surface area contributed by atoms with Crippen molar-refractivity contribution in [2.75, 3.05) is 5.32 Å². The van der Waals surface area contributed by atoms with Gasteiger partial charge in [0.25, 0.3) is 5.69 Å². The predicted octanol–water partition coefficient (Wildman–Crippen LogP) is 2.42. The van der Waals surface area contributed by atoms with Crippen molar-refractivity contribution in [2.24, 2.45) is 5.14 Å². The van der Waals surface area contributed by atoms with Crippen LogP contribution in [0.3, 0.4) is 0 Å². The van der Waals surface area contributed by atoms with Crippen molar-refractivity contribution >= 4 is 21.4 Å².